The maximum absolute atomic E-state index is 12.0. The quantitative estimate of drug-likeness (QED) is 0.113. The first-order valence-corrected chi connectivity index (χ1v) is 14.0. The molecule has 0 saturated carbocycles. The molecule has 0 radical (unpaired) electrons. The van der Waals surface area contributed by atoms with Gasteiger partial charge in [0.15, 0.2) is 6.61 Å². The molecular formula is C26H40N6O9S. The Hall–Kier alpha value is -3.60. The minimum absolute atomic E-state index is 0.185. The second-order valence-corrected chi connectivity index (χ2v) is 10.1. The number of carbonyl (C=O) groups excluding carboxylic acids is 2. The number of carboxylic acids is 3. The summed E-state index contributed by atoms with van der Waals surface area (Å²) in [7, 11) is 0. The fourth-order valence-corrected chi connectivity index (χ4v) is 4.42. The van der Waals surface area contributed by atoms with Crippen molar-refractivity contribution in [3.63, 3.8) is 0 Å². The Labute approximate surface area is 249 Å². The molecule has 15 nitrogen and oxygen atoms in total. The highest BCUT2D eigenvalue weighted by Gasteiger charge is 2.20. The van der Waals surface area contributed by atoms with Gasteiger partial charge in [-0.1, -0.05) is 12.6 Å². The van der Waals surface area contributed by atoms with E-state index in [0.717, 1.165) is 5.69 Å². The fraction of sp³-hybridized carbons (Fsp3) is 0.577. The Morgan fingerprint density at radius 1 is 0.690 bits per heavy atom. The molecule has 0 atom stereocenters. The molecule has 2 rings (SSSR count). The van der Waals surface area contributed by atoms with Gasteiger partial charge in [-0.15, -0.1) is 0 Å². The molecule has 5 N–H and O–H groups in total. The van der Waals surface area contributed by atoms with E-state index in [1.54, 1.807) is 26.8 Å². The molecule has 2 amide bonds. The zero-order valence-electron chi connectivity index (χ0n) is 23.4. The summed E-state index contributed by atoms with van der Waals surface area (Å²) in [5.41, 5.74) is 0.813. The maximum Gasteiger partial charge on any atom is 0.317 e. The zero-order chi connectivity index (χ0) is 30.9. The first kappa shape index (κ1) is 34.6. The van der Waals surface area contributed by atoms with E-state index in [1.807, 2.05) is 17.0 Å². The third kappa shape index (κ3) is 14.9. The molecule has 1 aliphatic rings. The molecule has 1 heterocycles. The van der Waals surface area contributed by atoms with Crippen molar-refractivity contribution in [1.29, 1.82) is 0 Å². The van der Waals surface area contributed by atoms with Crippen LogP contribution in [0.2, 0.25) is 0 Å². The van der Waals surface area contributed by atoms with Crippen LogP contribution in [-0.4, -0.2) is 151 Å². The van der Waals surface area contributed by atoms with E-state index < -0.39 is 23.1 Å². The molecule has 1 aromatic rings. The highest BCUT2D eigenvalue weighted by Crippen LogP contribution is 2.20. The number of aliphatic carboxylic acids is 3. The minimum atomic E-state index is -1.01. The van der Waals surface area contributed by atoms with Crippen molar-refractivity contribution in [3.05, 3.63) is 24.3 Å². The van der Waals surface area contributed by atoms with E-state index >= 15 is 0 Å². The van der Waals surface area contributed by atoms with E-state index in [4.69, 9.17) is 4.74 Å². The van der Waals surface area contributed by atoms with Crippen LogP contribution in [0.15, 0.2) is 24.3 Å². The number of nitrogens with one attached hydrogen (secondary N) is 2. The van der Waals surface area contributed by atoms with Crippen molar-refractivity contribution in [2.24, 2.45) is 0 Å². The third-order valence-electron chi connectivity index (χ3n) is 6.44. The third-order valence-corrected chi connectivity index (χ3v) is 6.60. The number of ether oxygens (including phenoxy) is 1. The van der Waals surface area contributed by atoms with Gasteiger partial charge in [0.2, 0.25) is 0 Å². The number of thiol groups is 1. The van der Waals surface area contributed by atoms with Gasteiger partial charge >= 0.3 is 17.9 Å². The van der Waals surface area contributed by atoms with Crippen LogP contribution in [0, 0.1) is 0 Å². The normalized spacial score (nSPS) is 16.1. The first-order chi connectivity index (χ1) is 20.0. The summed E-state index contributed by atoms with van der Waals surface area (Å²) in [6.45, 7) is 2.98. The zero-order valence-corrected chi connectivity index (χ0v) is 24.3. The second kappa shape index (κ2) is 18.8. The first-order valence-electron chi connectivity index (χ1n) is 13.6. The van der Waals surface area contributed by atoms with E-state index in [0.29, 0.717) is 77.6 Å². The van der Waals surface area contributed by atoms with E-state index in [2.05, 4.69) is 23.3 Å². The lowest BCUT2D eigenvalue weighted by Crippen LogP contribution is -2.48. The van der Waals surface area contributed by atoms with Crippen LogP contribution in [0.4, 0.5) is 10.5 Å². The lowest BCUT2D eigenvalue weighted by molar-refractivity contribution is -0.140. The van der Waals surface area contributed by atoms with Crippen LogP contribution in [0.1, 0.15) is 6.42 Å². The number of carbonyl (C=O) groups is 5. The average Bonchev–Trinajstić information content (AvgIpc) is 2.91. The Bertz CT molecular complexity index is 1010. The number of benzene rings is 1. The molecular weight excluding hydrogens is 572 g/mol. The van der Waals surface area contributed by atoms with Crippen molar-refractivity contribution in [3.8, 4) is 5.75 Å². The summed E-state index contributed by atoms with van der Waals surface area (Å²) >= 11 is 3.60. The van der Waals surface area contributed by atoms with Gasteiger partial charge in [-0.3, -0.25) is 38.7 Å². The Kier molecular flexibility index (Phi) is 15.5. The van der Waals surface area contributed by atoms with Crippen molar-refractivity contribution in [2.75, 3.05) is 96.6 Å². The average molecular weight is 613 g/mol. The molecule has 16 heteroatoms. The topological polar surface area (TPSA) is 192 Å². The standard InChI is InChI=1S/C26H40N6O9S/c33-22(27-6-1-7-28-26(40)42)19-41-21-4-2-20(3-5-21)32-14-12-30(17-24(36)37)10-8-29(16-23(34)35)9-11-31(13-15-32)18-25(38)39/h2-5H,1,6-19H2,(H,27,33)(H,34,35)(H,36,37)(H,38,39)(H2,28,40,42). The van der Waals surface area contributed by atoms with Crippen molar-refractivity contribution in [1.82, 2.24) is 25.3 Å². The van der Waals surface area contributed by atoms with Gasteiger partial charge in [0.25, 0.3) is 11.1 Å². The van der Waals surface area contributed by atoms with Crippen LogP contribution in [0.25, 0.3) is 0 Å². The van der Waals surface area contributed by atoms with Crippen LogP contribution < -0.4 is 20.3 Å². The maximum atomic E-state index is 12.0. The van der Waals surface area contributed by atoms with Gasteiger partial charge < -0.3 is 35.6 Å². The fourth-order valence-electron chi connectivity index (χ4n) is 4.31. The van der Waals surface area contributed by atoms with Crippen LogP contribution in [0.3, 0.4) is 0 Å². The molecule has 1 fully saturated rings. The number of anilines is 1. The molecule has 234 valence electrons. The van der Waals surface area contributed by atoms with Gasteiger partial charge in [0.05, 0.1) is 19.6 Å². The molecule has 0 spiro atoms. The largest absolute Gasteiger partial charge is 0.484 e. The Morgan fingerprint density at radius 3 is 1.55 bits per heavy atom. The van der Waals surface area contributed by atoms with Gasteiger partial charge in [-0.2, -0.15) is 0 Å². The minimum Gasteiger partial charge on any atom is -0.484 e. The van der Waals surface area contributed by atoms with Gasteiger partial charge in [0.1, 0.15) is 5.75 Å². The van der Waals surface area contributed by atoms with Gasteiger partial charge in [0, 0.05) is 71.1 Å². The summed E-state index contributed by atoms with van der Waals surface area (Å²) < 4.78 is 5.57. The molecule has 1 aromatic carbocycles. The number of rotatable bonds is 14. The molecule has 0 aliphatic carbocycles. The second-order valence-electron chi connectivity index (χ2n) is 9.71. The summed E-state index contributed by atoms with van der Waals surface area (Å²) in [5, 5.41) is 32.9. The summed E-state index contributed by atoms with van der Waals surface area (Å²) in [6.07, 6.45) is 0.553. The van der Waals surface area contributed by atoms with Crippen LogP contribution >= 0.6 is 12.6 Å². The number of nitrogens with zero attached hydrogens (tertiary/aromatic N) is 4. The van der Waals surface area contributed by atoms with E-state index in [1.165, 1.54) is 0 Å². The highest BCUT2D eigenvalue weighted by atomic mass is 32.1. The molecule has 1 saturated heterocycles. The van der Waals surface area contributed by atoms with E-state index in [-0.39, 0.29) is 32.1 Å². The molecule has 42 heavy (non-hydrogen) atoms. The summed E-state index contributed by atoms with van der Waals surface area (Å²) in [6, 6.07) is 7.07. The predicted octanol–water partition coefficient (Wildman–Crippen LogP) is -0.809. The van der Waals surface area contributed by atoms with E-state index in [9.17, 15) is 39.3 Å². The van der Waals surface area contributed by atoms with Crippen molar-refractivity contribution < 1.29 is 44.0 Å². The van der Waals surface area contributed by atoms with Crippen molar-refractivity contribution >= 4 is 47.4 Å². The number of amides is 2. The highest BCUT2D eigenvalue weighted by molar-refractivity contribution is 7.96. The molecule has 0 unspecified atom stereocenters. The smallest absolute Gasteiger partial charge is 0.317 e. The number of hydrogen-bond acceptors (Lipinski definition) is 10. The number of hydrogen-bond donors (Lipinski definition) is 6. The molecule has 0 aromatic heterocycles. The van der Waals surface area contributed by atoms with Crippen molar-refractivity contribution in [2.45, 2.75) is 6.42 Å². The molecule has 0 bridgehead atoms. The lowest BCUT2D eigenvalue weighted by Gasteiger charge is -2.34. The monoisotopic (exact) mass is 612 g/mol. The summed E-state index contributed by atoms with van der Waals surface area (Å²) in [4.78, 5) is 64.3. The van der Waals surface area contributed by atoms with Crippen LogP contribution in [-0.2, 0) is 19.2 Å². The SMILES string of the molecule is O=C(O)CN1CCN(CC(=O)O)CCN(c2ccc(OCC(=O)NCCCNC(=O)S)cc2)CCN(CC(=O)O)CC1. The Balaban J connectivity index is 2.04. The van der Waals surface area contributed by atoms with Gasteiger partial charge in [-0.05, 0) is 30.7 Å². The van der Waals surface area contributed by atoms with Crippen LogP contribution in [0.5, 0.6) is 5.75 Å². The predicted molar refractivity (Wildman–Crippen MR) is 156 cm³/mol. The summed E-state index contributed by atoms with van der Waals surface area (Å²) in [5.74, 6) is -2.81. The lowest BCUT2D eigenvalue weighted by atomic mass is 10.2. The number of carboxylic acid groups (broad SMARTS) is 3. The molecule has 1 aliphatic heterocycles. The van der Waals surface area contributed by atoms with Gasteiger partial charge in [-0.25, -0.2) is 0 Å². The Morgan fingerprint density at radius 2 is 1.12 bits per heavy atom.